The molecule has 28 heteroatoms. The van der Waals surface area contributed by atoms with Crippen LogP contribution in [-0.2, 0) is 22.7 Å². The molecule has 398 valence electrons. The summed E-state index contributed by atoms with van der Waals surface area (Å²) < 4.78 is 70.1. The van der Waals surface area contributed by atoms with Crippen molar-refractivity contribution in [2.45, 2.75) is 64.5 Å². The summed E-state index contributed by atoms with van der Waals surface area (Å²) in [6.07, 6.45) is 3.88. The maximum absolute atomic E-state index is 13.6. The number of alkyl halides is 4. The number of aliphatic carboxylic acids is 1. The number of carboxylic acids is 1. The van der Waals surface area contributed by atoms with Crippen LogP contribution in [0.15, 0.2) is 83.5 Å². The number of pyridine rings is 2. The molecule has 7 aromatic rings. The fourth-order valence-electron chi connectivity index (χ4n) is 7.99. The Bertz CT molecular complexity index is 3230. The van der Waals surface area contributed by atoms with Crippen molar-refractivity contribution < 1.29 is 55.7 Å². The smallest absolute Gasteiger partial charge is 0.388 e. The van der Waals surface area contributed by atoms with E-state index in [0.717, 1.165) is 0 Å². The number of rotatable bonds is 23. The average molecular weight is 1090 g/mol. The molecule has 1 saturated heterocycles. The molecule has 6 heterocycles. The summed E-state index contributed by atoms with van der Waals surface area (Å²) in [6.45, 7) is -5.44. The van der Waals surface area contributed by atoms with Gasteiger partial charge in [0.15, 0.2) is 5.76 Å². The van der Waals surface area contributed by atoms with Crippen LogP contribution in [0.3, 0.4) is 0 Å². The number of fused-ring (bicyclic) bond motifs is 1. The van der Waals surface area contributed by atoms with Crippen LogP contribution >= 0.6 is 23.2 Å². The topological polar surface area (TPSA) is 291 Å². The van der Waals surface area contributed by atoms with Crippen LogP contribution < -0.4 is 41.8 Å². The Kier molecular flexibility index (Phi) is 17.7. The van der Waals surface area contributed by atoms with Gasteiger partial charge in [0.1, 0.15) is 17.4 Å². The zero-order valence-corrected chi connectivity index (χ0v) is 41.3. The van der Waals surface area contributed by atoms with Gasteiger partial charge in [0.2, 0.25) is 35.4 Å². The second kappa shape index (κ2) is 24.9. The predicted molar refractivity (Wildman–Crippen MR) is 268 cm³/mol. The number of nitrogens with zero attached hydrogens (tertiary/aromatic N) is 8. The van der Waals surface area contributed by atoms with Crippen LogP contribution in [-0.4, -0.2) is 114 Å². The maximum Gasteiger partial charge on any atom is 0.388 e. The van der Waals surface area contributed by atoms with Gasteiger partial charge in [-0.1, -0.05) is 53.9 Å². The van der Waals surface area contributed by atoms with E-state index in [1.54, 1.807) is 41.3 Å². The Morgan fingerprint density at radius 1 is 0.776 bits per heavy atom. The number of hydrogen-bond donors (Lipinski definition) is 7. The van der Waals surface area contributed by atoms with Gasteiger partial charge in [-0.25, -0.2) is 9.97 Å². The highest BCUT2D eigenvalue weighted by molar-refractivity contribution is 6.40. The van der Waals surface area contributed by atoms with E-state index in [-0.39, 0.29) is 106 Å². The second-order valence-electron chi connectivity index (χ2n) is 16.7. The van der Waals surface area contributed by atoms with E-state index in [2.05, 4.69) is 66.1 Å². The number of aromatic nitrogens is 7. The minimum atomic E-state index is -3.29. The number of halogens is 6. The number of carboxylic acid groups (broad SMARTS) is 1. The largest absolute Gasteiger partial charge is 0.480 e. The summed E-state index contributed by atoms with van der Waals surface area (Å²) in [5, 5.41) is 27.9. The highest BCUT2D eigenvalue weighted by Gasteiger charge is 2.30. The highest BCUT2D eigenvalue weighted by atomic mass is 35.5. The molecule has 0 saturated carbocycles. The zero-order valence-electron chi connectivity index (χ0n) is 39.7. The SMILES string of the molecule is Nc1nc(NCCCC(=O)NCCNCc2ccc(C(=O)Nc3cccc(-c4cccc(NC(=O)c5ccc(CN6CCCC[C@H]6C(=O)O)c(OC(F)F)n5)c4Cl)c3Cl)nc2OC(F)F)nc2nc(-c3ccco3)nn12. The fourth-order valence-corrected chi connectivity index (χ4v) is 8.54. The fraction of sp³-hybridized carbons (Fsp3) is 0.292. The molecule has 0 spiro atoms. The van der Waals surface area contributed by atoms with Crippen molar-refractivity contribution >= 4 is 75.9 Å². The minimum Gasteiger partial charge on any atom is -0.480 e. The first-order valence-electron chi connectivity index (χ1n) is 23.3. The molecule has 22 nitrogen and oxygen atoms in total. The van der Waals surface area contributed by atoms with Gasteiger partial charge in [-0.2, -0.15) is 37.0 Å². The molecule has 5 aromatic heterocycles. The van der Waals surface area contributed by atoms with E-state index in [4.69, 9.17) is 33.4 Å². The monoisotopic (exact) mass is 1090 g/mol. The third kappa shape index (κ3) is 13.5. The first-order valence-corrected chi connectivity index (χ1v) is 24.1. The van der Waals surface area contributed by atoms with Crippen molar-refractivity contribution in [1.29, 1.82) is 0 Å². The Labute approximate surface area is 438 Å². The molecule has 0 radical (unpaired) electrons. The number of nitrogen functional groups attached to an aromatic ring is 1. The van der Waals surface area contributed by atoms with E-state index in [9.17, 15) is 41.8 Å². The first kappa shape index (κ1) is 54.1. The molecule has 3 amide bonds. The lowest BCUT2D eigenvalue weighted by Gasteiger charge is -2.33. The number of benzene rings is 2. The zero-order chi connectivity index (χ0) is 53.9. The molecule has 0 aliphatic carbocycles. The molecule has 2 aromatic carbocycles. The van der Waals surface area contributed by atoms with Crippen LogP contribution in [0.1, 0.15) is 64.2 Å². The number of hydrogen-bond acceptors (Lipinski definition) is 17. The Balaban J connectivity index is 0.834. The van der Waals surface area contributed by atoms with Gasteiger partial charge in [-0.15, -0.1) is 5.10 Å². The normalized spacial score (nSPS) is 13.7. The van der Waals surface area contributed by atoms with Crippen molar-refractivity contribution in [3.8, 4) is 34.5 Å². The van der Waals surface area contributed by atoms with E-state index in [0.29, 0.717) is 55.7 Å². The third-order valence-corrected chi connectivity index (χ3v) is 12.4. The number of piperidine rings is 1. The van der Waals surface area contributed by atoms with Crippen molar-refractivity contribution in [3.05, 3.63) is 112 Å². The predicted octanol–water partition coefficient (Wildman–Crippen LogP) is 7.37. The van der Waals surface area contributed by atoms with Gasteiger partial charge in [-0.3, -0.25) is 24.1 Å². The quantitative estimate of drug-likeness (QED) is 0.0243. The number of carbonyl (C=O) groups excluding carboxylic acids is 3. The Morgan fingerprint density at radius 2 is 1.42 bits per heavy atom. The van der Waals surface area contributed by atoms with Crippen LogP contribution in [0.25, 0.3) is 28.5 Å². The summed E-state index contributed by atoms with van der Waals surface area (Å²) >= 11 is 13.6. The molecular formula is C48H46Cl2F4N14O8. The van der Waals surface area contributed by atoms with Gasteiger partial charge in [0.25, 0.3) is 17.6 Å². The number of carbonyl (C=O) groups is 4. The summed E-state index contributed by atoms with van der Waals surface area (Å²) in [5.41, 5.74) is 6.54. The highest BCUT2D eigenvalue weighted by Crippen LogP contribution is 2.40. The Hall–Kier alpha value is -8.20. The number of anilines is 4. The van der Waals surface area contributed by atoms with Crippen LogP contribution in [0, 0.1) is 0 Å². The van der Waals surface area contributed by atoms with Crippen molar-refractivity contribution in [2.24, 2.45) is 0 Å². The standard InChI is InChI=1S/C48H46Cl2F4N14O8/c49-36-27(28-8-4-10-30(37(28)50)60-40(71)32-17-15-26(42(62-32)76-45(53)54)24-67-21-2-1-11-33(67)43(72)73)7-3-9-29(36)59-39(70)31-16-14-25(41(61-31)75-44(51)52)23-56-19-20-57-35(69)13-5-18-58-47-64-46(55)68-48(65-47)63-38(66-68)34-12-6-22-74-34/h3-4,6-10,12,14-17,22,33,44-45,56H,1-2,5,11,13,18-21,23-24H2,(H,57,69)(H,59,70)(H,60,71)(H,72,73)(H3,55,58,63,64,65,66)/t33-/m0/s1. The maximum atomic E-state index is 13.6. The molecule has 76 heavy (non-hydrogen) atoms. The van der Waals surface area contributed by atoms with Gasteiger partial charge in [0.05, 0.1) is 27.7 Å². The summed E-state index contributed by atoms with van der Waals surface area (Å²) in [6, 6.07) is 17.1. The molecule has 1 aliphatic rings. The molecule has 8 N–H and O–H groups in total. The van der Waals surface area contributed by atoms with Gasteiger partial charge < -0.3 is 51.3 Å². The number of amides is 3. The Morgan fingerprint density at radius 3 is 2.04 bits per heavy atom. The molecule has 0 bridgehead atoms. The number of ether oxygens (including phenoxy) is 2. The van der Waals surface area contributed by atoms with Crippen LogP contribution in [0.4, 0.5) is 40.8 Å². The molecule has 1 atom stereocenters. The molecule has 0 unspecified atom stereocenters. The van der Waals surface area contributed by atoms with Crippen molar-refractivity contribution in [2.75, 3.05) is 47.9 Å². The first-order chi connectivity index (χ1) is 36.6. The lowest BCUT2D eigenvalue weighted by Crippen LogP contribution is -2.44. The summed E-state index contributed by atoms with van der Waals surface area (Å²) in [5.74, 6) is -2.82. The summed E-state index contributed by atoms with van der Waals surface area (Å²) in [4.78, 5) is 73.8. The molecule has 8 rings (SSSR count). The van der Waals surface area contributed by atoms with Gasteiger partial charge in [-0.05, 0) is 74.3 Å². The number of nitrogens with two attached hydrogens (primary N) is 1. The molecule has 1 fully saturated rings. The summed E-state index contributed by atoms with van der Waals surface area (Å²) in [7, 11) is 0. The third-order valence-electron chi connectivity index (χ3n) is 11.6. The number of nitrogens with one attached hydrogen (secondary N) is 5. The number of furan rings is 1. The van der Waals surface area contributed by atoms with E-state index >= 15 is 0 Å². The van der Waals surface area contributed by atoms with Crippen molar-refractivity contribution in [1.82, 2.24) is 50.1 Å². The van der Waals surface area contributed by atoms with Gasteiger partial charge >= 0.3 is 19.2 Å². The average Bonchev–Trinajstić information content (AvgIpc) is 4.10. The number of likely N-dealkylation sites (tertiary alicyclic amines) is 1. The lowest BCUT2D eigenvalue weighted by molar-refractivity contribution is -0.145. The van der Waals surface area contributed by atoms with E-state index in [1.165, 1.54) is 47.2 Å². The van der Waals surface area contributed by atoms with Crippen LogP contribution in [0.2, 0.25) is 10.0 Å². The van der Waals surface area contributed by atoms with Crippen molar-refractivity contribution in [3.63, 3.8) is 0 Å². The van der Waals surface area contributed by atoms with E-state index in [1.807, 2.05) is 0 Å². The second-order valence-corrected chi connectivity index (χ2v) is 17.5. The lowest BCUT2D eigenvalue weighted by atomic mass is 10.0. The molecule has 1 aliphatic heterocycles. The minimum absolute atomic E-state index is 0.000637. The van der Waals surface area contributed by atoms with Crippen LogP contribution in [0.5, 0.6) is 11.8 Å². The van der Waals surface area contributed by atoms with Gasteiger partial charge in [0, 0.05) is 61.4 Å². The van der Waals surface area contributed by atoms with E-state index < -0.39 is 48.8 Å². The molecular weight excluding hydrogens is 1050 g/mol.